The van der Waals surface area contributed by atoms with Crippen LogP contribution in [0.5, 0.6) is 11.5 Å². The number of benzene rings is 1. The Hall–Kier alpha value is -2.66. The fourth-order valence-corrected chi connectivity index (χ4v) is 3.25. The van der Waals surface area contributed by atoms with Crippen molar-refractivity contribution in [2.24, 2.45) is 0 Å². The lowest BCUT2D eigenvalue weighted by atomic mass is 10.1. The number of hydrogen-bond donors (Lipinski definition) is 1. The lowest BCUT2D eigenvalue weighted by Crippen LogP contribution is -2.43. The summed E-state index contributed by atoms with van der Waals surface area (Å²) in [6.07, 6.45) is 1.33. The van der Waals surface area contributed by atoms with E-state index in [1.54, 1.807) is 0 Å². The Balaban J connectivity index is 2.00. The molecule has 0 bridgehead atoms. The van der Waals surface area contributed by atoms with E-state index in [0.717, 1.165) is 16.8 Å². The van der Waals surface area contributed by atoms with Gasteiger partial charge in [-0.1, -0.05) is 11.8 Å². The molecule has 0 aliphatic carbocycles. The minimum Gasteiger partial charge on any atom is -0.454 e. The number of hydrogen-bond acceptors (Lipinski definition) is 8. The Bertz CT molecular complexity index is 822. The van der Waals surface area contributed by atoms with Crippen LogP contribution < -0.4 is 14.9 Å². The van der Waals surface area contributed by atoms with Gasteiger partial charge in [0.2, 0.25) is 12.7 Å². The molecule has 2 aliphatic rings. The molecule has 0 saturated carbocycles. The van der Waals surface area contributed by atoms with Crippen LogP contribution in [0.15, 0.2) is 17.0 Å². The van der Waals surface area contributed by atoms with Crippen molar-refractivity contribution in [1.82, 2.24) is 10.4 Å². The predicted molar refractivity (Wildman–Crippen MR) is 88.0 cm³/mol. The van der Waals surface area contributed by atoms with Crippen LogP contribution in [-0.2, 0) is 9.59 Å². The standard InChI is InChI=1S/C13H9N3O6S2/c1-6(17)14-15-12(18)11(24-13(15)23)3-7-2-9-10(22-5-21-9)4-8(7)16(19)20/h2-4H,5H2,1H3,(H,14,17)/b11-3-. The molecule has 1 saturated heterocycles. The molecule has 1 aromatic rings. The highest BCUT2D eigenvalue weighted by Crippen LogP contribution is 2.40. The van der Waals surface area contributed by atoms with Gasteiger partial charge in [-0.15, -0.1) is 0 Å². The lowest BCUT2D eigenvalue weighted by Gasteiger charge is -2.13. The van der Waals surface area contributed by atoms with E-state index < -0.39 is 16.7 Å². The Morgan fingerprint density at radius 1 is 1.46 bits per heavy atom. The number of nitro benzene ring substituents is 1. The summed E-state index contributed by atoms with van der Waals surface area (Å²) in [4.78, 5) is 34.2. The van der Waals surface area contributed by atoms with Gasteiger partial charge in [0, 0.05) is 6.92 Å². The maximum atomic E-state index is 12.3. The molecular weight excluding hydrogens is 358 g/mol. The maximum absolute atomic E-state index is 12.3. The average Bonchev–Trinajstić information content (AvgIpc) is 3.06. The third-order valence-corrected chi connectivity index (χ3v) is 4.37. The smallest absolute Gasteiger partial charge is 0.285 e. The number of rotatable bonds is 3. The molecule has 0 radical (unpaired) electrons. The van der Waals surface area contributed by atoms with Crippen LogP contribution in [0.4, 0.5) is 5.69 Å². The van der Waals surface area contributed by atoms with E-state index in [4.69, 9.17) is 21.7 Å². The normalized spacial score (nSPS) is 17.5. The number of nitrogens with zero attached hydrogens (tertiary/aromatic N) is 2. The molecule has 0 unspecified atom stereocenters. The molecule has 9 nitrogen and oxygen atoms in total. The molecule has 0 atom stereocenters. The Morgan fingerprint density at radius 3 is 2.75 bits per heavy atom. The van der Waals surface area contributed by atoms with Crippen molar-refractivity contribution < 1.29 is 24.0 Å². The Morgan fingerprint density at radius 2 is 2.12 bits per heavy atom. The van der Waals surface area contributed by atoms with E-state index in [-0.39, 0.29) is 33.0 Å². The van der Waals surface area contributed by atoms with E-state index in [1.807, 2.05) is 0 Å². The summed E-state index contributed by atoms with van der Waals surface area (Å²) >= 11 is 5.96. The molecule has 1 fully saturated rings. The van der Waals surface area contributed by atoms with Gasteiger partial charge in [0.05, 0.1) is 21.5 Å². The second-order valence-electron chi connectivity index (χ2n) is 4.71. The van der Waals surface area contributed by atoms with Crippen molar-refractivity contribution in [2.75, 3.05) is 6.79 Å². The molecule has 2 aliphatic heterocycles. The highest BCUT2D eigenvalue weighted by molar-refractivity contribution is 8.26. The molecule has 24 heavy (non-hydrogen) atoms. The maximum Gasteiger partial charge on any atom is 0.285 e. The quantitative estimate of drug-likeness (QED) is 0.371. The van der Waals surface area contributed by atoms with Crippen LogP contribution in [0, 0.1) is 10.1 Å². The SMILES string of the molecule is CC(=O)NN1C(=O)/C(=C/c2cc3c(cc2[N+](=O)[O-])OCO3)SC1=S. The highest BCUT2D eigenvalue weighted by Gasteiger charge is 2.34. The van der Waals surface area contributed by atoms with E-state index >= 15 is 0 Å². The van der Waals surface area contributed by atoms with E-state index in [9.17, 15) is 19.7 Å². The van der Waals surface area contributed by atoms with Gasteiger partial charge in [0.1, 0.15) is 0 Å². The van der Waals surface area contributed by atoms with Gasteiger partial charge in [0.25, 0.3) is 11.6 Å². The van der Waals surface area contributed by atoms with Crippen LogP contribution in [0.1, 0.15) is 12.5 Å². The fourth-order valence-electron chi connectivity index (χ4n) is 2.08. The van der Waals surface area contributed by atoms with Crippen LogP contribution in [0.2, 0.25) is 0 Å². The predicted octanol–water partition coefficient (Wildman–Crippen LogP) is 1.58. The first-order chi connectivity index (χ1) is 11.4. The van der Waals surface area contributed by atoms with Crippen molar-refractivity contribution in [3.63, 3.8) is 0 Å². The van der Waals surface area contributed by atoms with Crippen molar-refractivity contribution in [1.29, 1.82) is 0 Å². The fraction of sp³-hybridized carbons (Fsp3) is 0.154. The first-order valence-corrected chi connectivity index (χ1v) is 7.72. The van der Waals surface area contributed by atoms with Gasteiger partial charge in [-0.3, -0.25) is 25.1 Å². The zero-order valence-electron chi connectivity index (χ0n) is 12.1. The van der Waals surface area contributed by atoms with Crippen molar-refractivity contribution in [3.05, 3.63) is 32.7 Å². The second-order valence-corrected chi connectivity index (χ2v) is 6.38. The number of thioether (sulfide) groups is 1. The van der Waals surface area contributed by atoms with Crippen LogP contribution in [0.3, 0.4) is 0 Å². The third-order valence-electron chi connectivity index (χ3n) is 3.07. The first kappa shape index (κ1) is 16.2. The summed E-state index contributed by atoms with van der Waals surface area (Å²) in [7, 11) is 0. The van der Waals surface area contributed by atoms with Gasteiger partial charge >= 0.3 is 0 Å². The summed E-state index contributed by atoms with van der Waals surface area (Å²) in [5.41, 5.74) is 2.24. The van der Waals surface area contributed by atoms with Gasteiger partial charge in [0.15, 0.2) is 15.8 Å². The van der Waals surface area contributed by atoms with Crippen LogP contribution in [0.25, 0.3) is 6.08 Å². The minimum atomic E-state index is -0.581. The van der Waals surface area contributed by atoms with Crippen LogP contribution >= 0.6 is 24.0 Å². The van der Waals surface area contributed by atoms with Gasteiger partial charge in [-0.25, -0.2) is 0 Å². The summed E-state index contributed by atoms with van der Waals surface area (Å²) in [6.45, 7) is 1.21. The molecule has 1 N–H and O–H groups in total. The number of hydrazine groups is 1. The third kappa shape index (κ3) is 2.90. The molecular formula is C13H9N3O6S2. The van der Waals surface area contributed by atoms with Crippen molar-refractivity contribution in [2.45, 2.75) is 6.92 Å². The average molecular weight is 367 g/mol. The van der Waals surface area contributed by atoms with Gasteiger partial charge in [-0.05, 0) is 24.4 Å². The number of carbonyl (C=O) groups excluding carboxylic acids is 2. The van der Waals surface area contributed by atoms with Gasteiger partial charge in [-0.2, -0.15) is 5.01 Å². The number of nitrogens with one attached hydrogen (secondary N) is 1. The molecule has 0 aromatic heterocycles. The number of ether oxygens (including phenoxy) is 2. The number of thiocarbonyl (C=S) groups is 1. The number of carbonyl (C=O) groups is 2. The lowest BCUT2D eigenvalue weighted by molar-refractivity contribution is -0.385. The van der Waals surface area contributed by atoms with E-state index in [2.05, 4.69) is 5.43 Å². The van der Waals surface area contributed by atoms with E-state index in [1.165, 1.54) is 25.1 Å². The number of amides is 2. The molecule has 2 amide bonds. The molecule has 1 aromatic carbocycles. The monoisotopic (exact) mass is 367 g/mol. The highest BCUT2D eigenvalue weighted by atomic mass is 32.2. The first-order valence-electron chi connectivity index (χ1n) is 6.50. The Labute approximate surface area is 144 Å². The second kappa shape index (κ2) is 6.09. The summed E-state index contributed by atoms with van der Waals surface area (Å²) in [6, 6.07) is 2.66. The number of nitro groups is 1. The molecule has 0 spiro atoms. The summed E-state index contributed by atoms with van der Waals surface area (Å²) in [5.74, 6) is -0.400. The van der Waals surface area contributed by atoms with Crippen molar-refractivity contribution in [3.8, 4) is 11.5 Å². The minimum absolute atomic E-state index is 0.0272. The molecule has 124 valence electrons. The molecule has 11 heteroatoms. The Kier molecular flexibility index (Phi) is 4.11. The van der Waals surface area contributed by atoms with Crippen molar-refractivity contribution >= 4 is 51.9 Å². The largest absolute Gasteiger partial charge is 0.454 e. The molecule has 2 heterocycles. The van der Waals surface area contributed by atoms with Gasteiger partial charge < -0.3 is 9.47 Å². The zero-order valence-corrected chi connectivity index (χ0v) is 13.7. The van der Waals surface area contributed by atoms with Crippen LogP contribution in [-0.4, -0.2) is 32.9 Å². The summed E-state index contributed by atoms with van der Waals surface area (Å²) in [5, 5.41) is 12.2. The zero-order chi connectivity index (χ0) is 17.4. The molecule has 3 rings (SSSR count). The topological polar surface area (TPSA) is 111 Å². The summed E-state index contributed by atoms with van der Waals surface area (Å²) < 4.78 is 10.4. The van der Waals surface area contributed by atoms with E-state index in [0.29, 0.717) is 5.75 Å². The number of fused-ring (bicyclic) bond motifs is 1.